The van der Waals surface area contributed by atoms with Crippen LogP contribution in [0.1, 0.15) is 0 Å². The number of aromatic nitrogens is 2. The minimum Gasteiger partial charge on any atom is -0.495 e. The van der Waals surface area contributed by atoms with Gasteiger partial charge in [-0.05, 0) is 28.1 Å². The first kappa shape index (κ1) is 9.33. The van der Waals surface area contributed by atoms with E-state index in [1.54, 1.807) is 18.7 Å². The summed E-state index contributed by atoms with van der Waals surface area (Å²) in [4.78, 5) is 14.1. The Hall–Kier alpha value is -1.23. The molecule has 4 nitrogen and oxygen atoms in total. The van der Waals surface area contributed by atoms with Crippen molar-refractivity contribution in [2.75, 3.05) is 7.11 Å². The molecule has 5 heteroatoms. The molecule has 0 amide bonds. The molecule has 74 valence electrons. The van der Waals surface area contributed by atoms with Crippen molar-refractivity contribution in [3.8, 4) is 5.75 Å². The number of hydrogen-bond acceptors (Lipinski definition) is 2. The molecule has 0 spiro atoms. The molecular weight excluding hydrogens is 248 g/mol. The van der Waals surface area contributed by atoms with Crippen LogP contribution in [0.15, 0.2) is 21.4 Å². The Bertz CT molecular complexity index is 541. The molecule has 0 atom stereocenters. The first-order valence-corrected chi connectivity index (χ1v) is 4.85. The highest BCUT2D eigenvalue weighted by Gasteiger charge is 2.10. The number of aromatic amines is 1. The SMILES string of the molecule is COc1ccc2[nH]c(=O)n(C)c2c1Br. The van der Waals surface area contributed by atoms with Crippen molar-refractivity contribution in [2.24, 2.45) is 7.05 Å². The van der Waals surface area contributed by atoms with Crippen molar-refractivity contribution in [3.05, 3.63) is 27.1 Å². The standard InChI is InChI=1S/C9H9BrN2O2/c1-12-8-5(11-9(12)13)3-4-6(14-2)7(8)10/h3-4H,1-2H3,(H,11,13). The molecule has 2 rings (SSSR count). The summed E-state index contributed by atoms with van der Waals surface area (Å²) in [6.45, 7) is 0. The highest BCUT2D eigenvalue weighted by Crippen LogP contribution is 2.31. The lowest BCUT2D eigenvalue weighted by Crippen LogP contribution is -2.12. The molecule has 0 radical (unpaired) electrons. The van der Waals surface area contributed by atoms with Crippen LogP contribution in [0.2, 0.25) is 0 Å². The van der Waals surface area contributed by atoms with Gasteiger partial charge in [-0.3, -0.25) is 4.57 Å². The Balaban J connectivity index is 2.93. The minimum absolute atomic E-state index is 0.131. The van der Waals surface area contributed by atoms with Gasteiger partial charge in [-0.2, -0.15) is 0 Å². The Morgan fingerprint density at radius 2 is 2.21 bits per heavy atom. The van der Waals surface area contributed by atoms with Crippen LogP contribution in [-0.4, -0.2) is 16.7 Å². The first-order valence-electron chi connectivity index (χ1n) is 4.06. The maximum Gasteiger partial charge on any atom is 0.326 e. The Morgan fingerprint density at radius 3 is 2.86 bits per heavy atom. The summed E-state index contributed by atoms with van der Waals surface area (Å²) in [6.07, 6.45) is 0. The number of halogens is 1. The summed E-state index contributed by atoms with van der Waals surface area (Å²) >= 11 is 3.40. The number of nitrogens with one attached hydrogen (secondary N) is 1. The molecule has 1 N–H and O–H groups in total. The van der Waals surface area contributed by atoms with Crippen LogP contribution in [0.4, 0.5) is 0 Å². The number of methoxy groups -OCH3 is 1. The molecule has 0 saturated carbocycles. The molecule has 2 aromatic rings. The van der Waals surface area contributed by atoms with Gasteiger partial charge in [-0.15, -0.1) is 0 Å². The molecule has 0 unspecified atom stereocenters. The zero-order chi connectivity index (χ0) is 10.3. The fraction of sp³-hybridized carbons (Fsp3) is 0.222. The van der Waals surface area contributed by atoms with Crippen LogP contribution >= 0.6 is 15.9 Å². The summed E-state index contributed by atoms with van der Waals surface area (Å²) in [6, 6.07) is 3.63. The molecule has 0 fully saturated rings. The first-order chi connectivity index (χ1) is 6.65. The van der Waals surface area contributed by atoms with Crippen LogP contribution in [0.3, 0.4) is 0 Å². The number of aryl methyl sites for hydroxylation is 1. The van der Waals surface area contributed by atoms with E-state index < -0.39 is 0 Å². The average Bonchev–Trinajstić information content (AvgIpc) is 2.44. The Morgan fingerprint density at radius 1 is 1.50 bits per heavy atom. The second-order valence-corrected chi connectivity index (χ2v) is 3.76. The van der Waals surface area contributed by atoms with Gasteiger partial charge >= 0.3 is 5.69 Å². The third-order valence-electron chi connectivity index (χ3n) is 2.18. The van der Waals surface area contributed by atoms with Crippen LogP contribution in [0, 0.1) is 0 Å². The van der Waals surface area contributed by atoms with E-state index in [2.05, 4.69) is 20.9 Å². The molecule has 1 aromatic heterocycles. The summed E-state index contributed by atoms with van der Waals surface area (Å²) in [7, 11) is 3.31. The molecule has 0 aliphatic carbocycles. The Labute approximate surface area is 88.6 Å². The van der Waals surface area contributed by atoms with Gasteiger partial charge in [0, 0.05) is 7.05 Å². The summed E-state index contributed by atoms with van der Waals surface area (Å²) in [5.74, 6) is 0.715. The van der Waals surface area contributed by atoms with Gasteiger partial charge in [0.25, 0.3) is 0 Å². The Kier molecular flexibility index (Phi) is 2.11. The number of fused-ring (bicyclic) bond motifs is 1. The third-order valence-corrected chi connectivity index (χ3v) is 2.95. The fourth-order valence-electron chi connectivity index (χ4n) is 1.43. The number of imidazole rings is 1. The molecule has 0 saturated heterocycles. The maximum atomic E-state index is 11.3. The van der Waals surface area contributed by atoms with Crippen molar-refractivity contribution in [1.82, 2.24) is 9.55 Å². The third kappa shape index (κ3) is 1.16. The van der Waals surface area contributed by atoms with E-state index in [0.717, 1.165) is 15.5 Å². The highest BCUT2D eigenvalue weighted by molar-refractivity contribution is 9.10. The lowest BCUT2D eigenvalue weighted by atomic mass is 10.3. The summed E-state index contributed by atoms with van der Waals surface area (Å²) in [5.41, 5.74) is 1.48. The van der Waals surface area contributed by atoms with Crippen molar-refractivity contribution in [1.29, 1.82) is 0 Å². The fourth-order valence-corrected chi connectivity index (χ4v) is 2.21. The topological polar surface area (TPSA) is 47.0 Å². The van der Waals surface area contributed by atoms with Crippen molar-refractivity contribution >= 4 is 27.0 Å². The summed E-state index contributed by atoms with van der Waals surface area (Å²) < 4.78 is 7.47. The second-order valence-electron chi connectivity index (χ2n) is 2.97. The number of H-pyrrole nitrogens is 1. The maximum absolute atomic E-state index is 11.3. The predicted octanol–water partition coefficient (Wildman–Crippen LogP) is 1.64. The lowest BCUT2D eigenvalue weighted by Gasteiger charge is -2.04. The van der Waals surface area contributed by atoms with Crippen LogP contribution in [-0.2, 0) is 7.05 Å². The van der Waals surface area contributed by atoms with E-state index in [4.69, 9.17) is 4.74 Å². The number of hydrogen-bond donors (Lipinski definition) is 1. The van der Waals surface area contributed by atoms with Crippen molar-refractivity contribution in [3.63, 3.8) is 0 Å². The molecule has 1 heterocycles. The number of rotatable bonds is 1. The van der Waals surface area contributed by atoms with Gasteiger partial charge in [-0.1, -0.05) is 0 Å². The quantitative estimate of drug-likeness (QED) is 0.844. The number of nitrogens with zero attached hydrogens (tertiary/aromatic N) is 1. The predicted molar refractivity (Wildman–Crippen MR) is 57.8 cm³/mol. The smallest absolute Gasteiger partial charge is 0.326 e. The minimum atomic E-state index is -0.131. The van der Waals surface area contributed by atoms with Crippen LogP contribution in [0.25, 0.3) is 11.0 Å². The van der Waals surface area contributed by atoms with E-state index in [1.807, 2.05) is 12.1 Å². The van der Waals surface area contributed by atoms with Gasteiger partial charge in [-0.25, -0.2) is 4.79 Å². The zero-order valence-corrected chi connectivity index (χ0v) is 9.38. The number of ether oxygens (including phenoxy) is 1. The highest BCUT2D eigenvalue weighted by atomic mass is 79.9. The molecule has 14 heavy (non-hydrogen) atoms. The second kappa shape index (κ2) is 3.16. The van der Waals surface area contributed by atoms with Crippen LogP contribution < -0.4 is 10.4 Å². The van der Waals surface area contributed by atoms with Gasteiger partial charge in [0.05, 0.1) is 22.6 Å². The molecule has 0 bridgehead atoms. The van der Waals surface area contributed by atoms with Gasteiger partial charge < -0.3 is 9.72 Å². The van der Waals surface area contributed by atoms with Crippen molar-refractivity contribution in [2.45, 2.75) is 0 Å². The zero-order valence-electron chi connectivity index (χ0n) is 7.80. The van der Waals surface area contributed by atoms with E-state index in [0.29, 0.717) is 5.75 Å². The molecule has 0 aliphatic rings. The van der Waals surface area contributed by atoms with E-state index in [9.17, 15) is 4.79 Å². The van der Waals surface area contributed by atoms with Gasteiger partial charge in [0.1, 0.15) is 5.75 Å². The monoisotopic (exact) mass is 256 g/mol. The normalized spacial score (nSPS) is 10.8. The largest absolute Gasteiger partial charge is 0.495 e. The number of benzene rings is 1. The van der Waals surface area contributed by atoms with Gasteiger partial charge in [0.2, 0.25) is 0 Å². The molecule has 0 aliphatic heterocycles. The van der Waals surface area contributed by atoms with Crippen LogP contribution in [0.5, 0.6) is 5.75 Å². The van der Waals surface area contributed by atoms with Crippen molar-refractivity contribution < 1.29 is 4.74 Å². The van der Waals surface area contributed by atoms with E-state index in [-0.39, 0.29) is 5.69 Å². The van der Waals surface area contributed by atoms with E-state index in [1.165, 1.54) is 0 Å². The molecule has 1 aromatic carbocycles. The van der Waals surface area contributed by atoms with Gasteiger partial charge in [0.15, 0.2) is 0 Å². The summed E-state index contributed by atoms with van der Waals surface area (Å²) in [5, 5.41) is 0. The average molecular weight is 257 g/mol. The van der Waals surface area contributed by atoms with E-state index >= 15 is 0 Å². The lowest BCUT2D eigenvalue weighted by molar-refractivity contribution is 0.412. The molecular formula is C9H9BrN2O2.